The minimum absolute atomic E-state index is 0.240. The van der Waals surface area contributed by atoms with Crippen molar-refractivity contribution in [3.8, 4) is 0 Å². The van der Waals surface area contributed by atoms with Gasteiger partial charge in [-0.25, -0.2) is 0 Å². The van der Waals surface area contributed by atoms with E-state index in [1.165, 1.54) is 12.8 Å². The van der Waals surface area contributed by atoms with Crippen molar-refractivity contribution in [3.63, 3.8) is 0 Å². The minimum Gasteiger partial charge on any atom is -0.345 e. The van der Waals surface area contributed by atoms with Crippen molar-refractivity contribution < 1.29 is 4.79 Å². The molecule has 1 aromatic rings. The van der Waals surface area contributed by atoms with Crippen LogP contribution < -0.4 is 5.32 Å². The molecule has 1 fully saturated rings. The minimum atomic E-state index is 0.240. The second-order valence-corrected chi connectivity index (χ2v) is 5.22. The molecule has 0 spiro atoms. The molecular weight excluding hydrogens is 238 g/mol. The van der Waals surface area contributed by atoms with Crippen LogP contribution in [0.5, 0.6) is 0 Å². The molecule has 19 heavy (non-hydrogen) atoms. The number of aromatic nitrogens is 1. The normalized spacial score (nSPS) is 18.5. The molecule has 1 aromatic heterocycles. The number of carbonyl (C=O) groups is 1. The van der Waals surface area contributed by atoms with E-state index < -0.39 is 0 Å². The van der Waals surface area contributed by atoms with Crippen LogP contribution in [0.1, 0.15) is 31.4 Å². The van der Waals surface area contributed by atoms with Gasteiger partial charge in [0.2, 0.25) is 5.91 Å². The molecule has 1 N–H and O–H groups in total. The number of rotatable bonds is 6. The van der Waals surface area contributed by atoms with E-state index in [4.69, 9.17) is 0 Å². The predicted octanol–water partition coefficient (Wildman–Crippen LogP) is 1.61. The summed E-state index contributed by atoms with van der Waals surface area (Å²) >= 11 is 0. The number of amides is 1. The fraction of sp³-hybridized carbons (Fsp3) is 0.600. The average molecular weight is 261 g/mol. The summed E-state index contributed by atoms with van der Waals surface area (Å²) in [6.07, 6.45) is 6.69. The van der Waals surface area contributed by atoms with Gasteiger partial charge in [0.1, 0.15) is 0 Å². The molecule has 1 saturated heterocycles. The van der Waals surface area contributed by atoms with Gasteiger partial charge >= 0.3 is 0 Å². The number of nitrogens with zero attached hydrogens (tertiary/aromatic N) is 2. The molecule has 2 rings (SSSR count). The molecule has 1 unspecified atom stereocenters. The van der Waals surface area contributed by atoms with Crippen LogP contribution in [0.15, 0.2) is 24.4 Å². The van der Waals surface area contributed by atoms with E-state index in [9.17, 15) is 4.79 Å². The van der Waals surface area contributed by atoms with Crippen molar-refractivity contribution in [2.75, 3.05) is 20.1 Å². The van der Waals surface area contributed by atoms with Crippen LogP contribution in [0, 0.1) is 0 Å². The zero-order valence-corrected chi connectivity index (χ0v) is 11.6. The third-order valence-electron chi connectivity index (χ3n) is 3.72. The molecule has 2 heterocycles. The summed E-state index contributed by atoms with van der Waals surface area (Å²) in [6.45, 7) is 1.85. The fourth-order valence-electron chi connectivity index (χ4n) is 2.44. The van der Waals surface area contributed by atoms with Crippen molar-refractivity contribution in [1.29, 1.82) is 0 Å². The van der Waals surface area contributed by atoms with E-state index in [0.29, 0.717) is 12.5 Å². The molecule has 4 heteroatoms. The first-order chi connectivity index (χ1) is 9.25. The maximum absolute atomic E-state index is 12.0. The van der Waals surface area contributed by atoms with Gasteiger partial charge in [-0.1, -0.05) is 6.07 Å². The molecule has 1 aliphatic rings. The SMILES string of the molecule is CN(CCc1ccccn1)C(=O)CCC1CCCN1. The van der Waals surface area contributed by atoms with E-state index in [2.05, 4.69) is 10.3 Å². The van der Waals surface area contributed by atoms with E-state index in [0.717, 1.165) is 31.6 Å². The summed E-state index contributed by atoms with van der Waals surface area (Å²) in [4.78, 5) is 18.1. The average Bonchev–Trinajstić information content (AvgIpc) is 2.96. The van der Waals surface area contributed by atoms with Crippen molar-refractivity contribution in [2.45, 2.75) is 38.1 Å². The molecule has 4 nitrogen and oxygen atoms in total. The Morgan fingerprint density at radius 1 is 1.53 bits per heavy atom. The zero-order valence-electron chi connectivity index (χ0n) is 11.6. The highest BCUT2D eigenvalue weighted by Crippen LogP contribution is 2.11. The van der Waals surface area contributed by atoms with Gasteiger partial charge in [-0.15, -0.1) is 0 Å². The van der Waals surface area contributed by atoms with Gasteiger partial charge in [0.05, 0.1) is 0 Å². The third kappa shape index (κ3) is 4.63. The largest absolute Gasteiger partial charge is 0.345 e. The van der Waals surface area contributed by atoms with Crippen LogP contribution >= 0.6 is 0 Å². The van der Waals surface area contributed by atoms with E-state index in [-0.39, 0.29) is 5.91 Å². The van der Waals surface area contributed by atoms with Crippen LogP contribution in [0.25, 0.3) is 0 Å². The first-order valence-electron chi connectivity index (χ1n) is 7.13. The zero-order chi connectivity index (χ0) is 13.5. The maximum atomic E-state index is 12.0. The van der Waals surface area contributed by atoms with Gasteiger partial charge in [0, 0.05) is 44.4 Å². The van der Waals surface area contributed by atoms with E-state index in [1.54, 1.807) is 6.20 Å². The lowest BCUT2D eigenvalue weighted by Gasteiger charge is -2.18. The summed E-state index contributed by atoms with van der Waals surface area (Å²) in [6, 6.07) is 6.44. The summed E-state index contributed by atoms with van der Waals surface area (Å²) in [5.41, 5.74) is 1.04. The second kappa shape index (κ2) is 7.24. The molecular formula is C15H23N3O. The van der Waals surface area contributed by atoms with Gasteiger partial charge in [0.25, 0.3) is 0 Å². The predicted molar refractivity (Wildman–Crippen MR) is 75.8 cm³/mol. The Bertz CT molecular complexity index is 388. The van der Waals surface area contributed by atoms with Gasteiger partial charge in [-0.2, -0.15) is 0 Å². The fourth-order valence-corrected chi connectivity index (χ4v) is 2.44. The lowest BCUT2D eigenvalue weighted by Crippen LogP contribution is -2.31. The van der Waals surface area contributed by atoms with Crippen LogP contribution in [0.2, 0.25) is 0 Å². The lowest BCUT2D eigenvalue weighted by molar-refractivity contribution is -0.130. The number of hydrogen-bond donors (Lipinski definition) is 1. The van der Waals surface area contributed by atoms with Gasteiger partial charge < -0.3 is 10.2 Å². The number of hydrogen-bond acceptors (Lipinski definition) is 3. The molecule has 0 saturated carbocycles. The molecule has 104 valence electrons. The standard InChI is InChI=1S/C15H23N3O/c1-18(12-9-14-5-2-3-10-16-14)15(19)8-7-13-6-4-11-17-13/h2-3,5,10,13,17H,4,6-9,11-12H2,1H3. The van der Waals surface area contributed by atoms with Gasteiger partial charge in [-0.3, -0.25) is 9.78 Å². The number of nitrogens with one attached hydrogen (secondary N) is 1. The van der Waals surface area contributed by atoms with Crippen LogP contribution in [-0.4, -0.2) is 42.0 Å². The van der Waals surface area contributed by atoms with Crippen molar-refractivity contribution in [2.24, 2.45) is 0 Å². The summed E-state index contributed by atoms with van der Waals surface area (Å²) in [5.74, 6) is 0.240. The highest BCUT2D eigenvalue weighted by atomic mass is 16.2. The molecule has 0 bridgehead atoms. The molecule has 1 atom stereocenters. The van der Waals surface area contributed by atoms with Crippen molar-refractivity contribution >= 4 is 5.91 Å². The summed E-state index contributed by atoms with van der Waals surface area (Å²) < 4.78 is 0. The Hall–Kier alpha value is -1.42. The Balaban J connectivity index is 1.67. The smallest absolute Gasteiger partial charge is 0.222 e. The molecule has 0 aromatic carbocycles. The van der Waals surface area contributed by atoms with Gasteiger partial charge in [0.15, 0.2) is 0 Å². The van der Waals surface area contributed by atoms with Crippen LogP contribution in [0.3, 0.4) is 0 Å². The topological polar surface area (TPSA) is 45.2 Å². The lowest BCUT2D eigenvalue weighted by atomic mass is 10.1. The van der Waals surface area contributed by atoms with E-state index in [1.807, 2.05) is 30.1 Å². The first kappa shape index (κ1) is 14.0. The van der Waals surface area contributed by atoms with Crippen molar-refractivity contribution in [3.05, 3.63) is 30.1 Å². The third-order valence-corrected chi connectivity index (χ3v) is 3.72. The Kier molecular flexibility index (Phi) is 5.33. The summed E-state index contributed by atoms with van der Waals surface area (Å²) in [7, 11) is 1.88. The first-order valence-corrected chi connectivity index (χ1v) is 7.13. The molecule has 0 aliphatic carbocycles. The summed E-state index contributed by atoms with van der Waals surface area (Å²) in [5, 5.41) is 3.43. The highest BCUT2D eigenvalue weighted by molar-refractivity contribution is 5.75. The number of pyridine rings is 1. The number of likely N-dealkylation sites (N-methyl/N-ethyl adjacent to an activating group) is 1. The van der Waals surface area contributed by atoms with Gasteiger partial charge in [-0.05, 0) is 37.9 Å². The maximum Gasteiger partial charge on any atom is 0.222 e. The molecule has 1 aliphatic heterocycles. The Labute approximate surface area is 115 Å². The number of carbonyl (C=O) groups excluding carboxylic acids is 1. The Morgan fingerprint density at radius 3 is 3.11 bits per heavy atom. The van der Waals surface area contributed by atoms with Crippen LogP contribution in [0.4, 0.5) is 0 Å². The second-order valence-electron chi connectivity index (χ2n) is 5.22. The van der Waals surface area contributed by atoms with E-state index >= 15 is 0 Å². The van der Waals surface area contributed by atoms with Crippen molar-refractivity contribution in [1.82, 2.24) is 15.2 Å². The Morgan fingerprint density at radius 2 is 2.42 bits per heavy atom. The molecule has 1 amide bonds. The monoisotopic (exact) mass is 261 g/mol. The quantitative estimate of drug-likeness (QED) is 0.846. The highest BCUT2D eigenvalue weighted by Gasteiger charge is 2.16. The molecule has 0 radical (unpaired) electrons. The van der Waals surface area contributed by atoms with Crippen LogP contribution in [-0.2, 0) is 11.2 Å².